The van der Waals surface area contributed by atoms with Gasteiger partial charge in [0.15, 0.2) is 11.5 Å². The number of hydrogen-bond acceptors (Lipinski definition) is 4. The summed E-state index contributed by atoms with van der Waals surface area (Å²) in [6, 6.07) is 17.6. The van der Waals surface area contributed by atoms with Crippen molar-refractivity contribution in [2.75, 3.05) is 6.54 Å². The lowest BCUT2D eigenvalue weighted by atomic mass is 10.1. The number of hydrogen-bond donors (Lipinski definition) is 1. The van der Waals surface area contributed by atoms with Gasteiger partial charge in [-0.1, -0.05) is 41.6 Å². The number of pyridine rings is 1. The zero-order valence-electron chi connectivity index (χ0n) is 15.3. The number of fused-ring (bicyclic) bond motifs is 1. The molecular weight excluding hydrogens is 352 g/mol. The zero-order chi connectivity index (χ0) is 18.9. The topological polar surface area (TPSA) is 72.4 Å². The van der Waals surface area contributed by atoms with Gasteiger partial charge >= 0.3 is 0 Å². The zero-order valence-corrected chi connectivity index (χ0v) is 15.3. The number of nitrogens with zero attached hydrogens (tertiary/aromatic N) is 3. The highest BCUT2D eigenvalue weighted by Crippen LogP contribution is 2.39. The largest absolute Gasteiger partial charge is 0.356 e. The van der Waals surface area contributed by atoms with Crippen LogP contribution < -0.4 is 5.32 Å². The van der Waals surface area contributed by atoms with Gasteiger partial charge in [-0.2, -0.15) is 0 Å². The maximum absolute atomic E-state index is 12.7. The summed E-state index contributed by atoms with van der Waals surface area (Å²) in [6.45, 7) is 0.476. The van der Waals surface area contributed by atoms with Gasteiger partial charge in [0, 0.05) is 36.7 Å². The van der Waals surface area contributed by atoms with Crippen molar-refractivity contribution in [3.05, 3.63) is 78.0 Å². The molecule has 0 unspecified atom stereocenters. The fourth-order valence-electron chi connectivity index (χ4n) is 3.41. The lowest BCUT2D eigenvalue weighted by Crippen LogP contribution is -2.26. The average molecular weight is 372 g/mol. The van der Waals surface area contributed by atoms with Gasteiger partial charge in [0.05, 0.1) is 11.2 Å². The molecule has 0 atom stereocenters. The SMILES string of the molecule is O=C(NCCc1cc(-c2ccccc2)on1)c1nc(C2CC2)n2ccccc12. The van der Waals surface area contributed by atoms with Crippen molar-refractivity contribution in [1.29, 1.82) is 0 Å². The molecule has 0 saturated heterocycles. The molecule has 140 valence electrons. The Kier molecular flexibility index (Phi) is 4.16. The molecule has 6 heteroatoms. The summed E-state index contributed by atoms with van der Waals surface area (Å²) >= 11 is 0. The molecule has 1 N–H and O–H groups in total. The summed E-state index contributed by atoms with van der Waals surface area (Å²) < 4.78 is 7.45. The molecule has 0 bridgehead atoms. The third-order valence-electron chi connectivity index (χ3n) is 5.02. The molecule has 1 aliphatic rings. The summed E-state index contributed by atoms with van der Waals surface area (Å²) in [5.74, 6) is 2.05. The van der Waals surface area contributed by atoms with E-state index < -0.39 is 0 Å². The van der Waals surface area contributed by atoms with E-state index in [0.29, 0.717) is 24.6 Å². The Morgan fingerprint density at radius 3 is 2.79 bits per heavy atom. The van der Waals surface area contributed by atoms with E-state index in [1.54, 1.807) is 0 Å². The molecule has 1 fully saturated rings. The quantitative estimate of drug-likeness (QED) is 0.558. The van der Waals surface area contributed by atoms with Gasteiger partial charge in [-0.25, -0.2) is 4.98 Å². The molecule has 1 amide bonds. The molecule has 28 heavy (non-hydrogen) atoms. The lowest BCUT2D eigenvalue weighted by Gasteiger charge is -2.02. The molecule has 3 aromatic heterocycles. The van der Waals surface area contributed by atoms with Crippen LogP contribution in [0.5, 0.6) is 0 Å². The second kappa shape index (κ2) is 6.96. The molecule has 0 spiro atoms. The number of imidazole rings is 1. The molecule has 0 aliphatic heterocycles. The molecule has 6 nitrogen and oxygen atoms in total. The van der Waals surface area contributed by atoms with Crippen LogP contribution in [0.2, 0.25) is 0 Å². The molecule has 1 aliphatic carbocycles. The Labute approximate surface area is 162 Å². The number of aromatic nitrogens is 3. The normalized spacial score (nSPS) is 13.7. The Bertz CT molecular complexity index is 1130. The van der Waals surface area contributed by atoms with Gasteiger partial charge in [0.25, 0.3) is 5.91 Å². The van der Waals surface area contributed by atoms with E-state index in [1.807, 2.05) is 65.2 Å². The smallest absolute Gasteiger partial charge is 0.272 e. The van der Waals surface area contributed by atoms with Gasteiger partial charge in [-0.15, -0.1) is 0 Å². The van der Waals surface area contributed by atoms with Gasteiger partial charge in [0.2, 0.25) is 0 Å². The van der Waals surface area contributed by atoms with Gasteiger partial charge in [-0.05, 0) is 25.0 Å². The summed E-state index contributed by atoms with van der Waals surface area (Å²) in [5.41, 5.74) is 3.15. The van der Waals surface area contributed by atoms with E-state index >= 15 is 0 Å². The standard InChI is InChI=1S/C22H20N4O2/c27-22(20-18-8-4-5-13-26(18)21(24-20)16-9-10-16)23-12-11-17-14-19(28-25-17)15-6-2-1-3-7-15/h1-8,13-14,16H,9-12H2,(H,23,27). The fraction of sp³-hybridized carbons (Fsp3) is 0.227. The maximum atomic E-state index is 12.7. The minimum Gasteiger partial charge on any atom is -0.356 e. The Morgan fingerprint density at radius 2 is 1.96 bits per heavy atom. The van der Waals surface area contributed by atoms with Crippen molar-refractivity contribution < 1.29 is 9.32 Å². The van der Waals surface area contributed by atoms with Crippen LogP contribution in [0.1, 0.15) is 40.8 Å². The van der Waals surface area contributed by atoms with Crippen LogP contribution in [0.15, 0.2) is 65.3 Å². The molecule has 4 aromatic rings. The lowest BCUT2D eigenvalue weighted by molar-refractivity contribution is 0.0951. The first kappa shape index (κ1) is 16.7. The second-order valence-corrected chi connectivity index (χ2v) is 7.10. The van der Waals surface area contributed by atoms with E-state index in [0.717, 1.165) is 41.2 Å². The van der Waals surface area contributed by atoms with E-state index in [-0.39, 0.29) is 5.91 Å². The van der Waals surface area contributed by atoms with Crippen molar-refractivity contribution in [3.63, 3.8) is 0 Å². The van der Waals surface area contributed by atoms with Crippen molar-refractivity contribution >= 4 is 11.4 Å². The van der Waals surface area contributed by atoms with Crippen LogP contribution in [-0.2, 0) is 6.42 Å². The molecule has 1 saturated carbocycles. The Morgan fingerprint density at radius 1 is 1.14 bits per heavy atom. The monoisotopic (exact) mass is 372 g/mol. The van der Waals surface area contributed by atoms with Crippen LogP contribution in [0.4, 0.5) is 0 Å². The van der Waals surface area contributed by atoms with E-state index in [4.69, 9.17) is 4.52 Å². The van der Waals surface area contributed by atoms with Gasteiger partial charge in [-0.3, -0.25) is 4.79 Å². The number of carbonyl (C=O) groups is 1. The Hall–Kier alpha value is -3.41. The summed E-state index contributed by atoms with van der Waals surface area (Å²) in [4.78, 5) is 17.3. The predicted molar refractivity (Wildman–Crippen MR) is 105 cm³/mol. The molecule has 5 rings (SSSR count). The van der Waals surface area contributed by atoms with E-state index in [2.05, 4.69) is 15.5 Å². The van der Waals surface area contributed by atoms with Crippen molar-refractivity contribution in [3.8, 4) is 11.3 Å². The van der Waals surface area contributed by atoms with Crippen LogP contribution in [-0.4, -0.2) is 27.0 Å². The minimum absolute atomic E-state index is 0.151. The minimum atomic E-state index is -0.151. The fourth-order valence-corrected chi connectivity index (χ4v) is 3.41. The summed E-state index contributed by atoms with van der Waals surface area (Å²) in [6.07, 6.45) is 4.87. The summed E-state index contributed by atoms with van der Waals surface area (Å²) in [7, 11) is 0. The van der Waals surface area contributed by atoms with Crippen LogP contribution in [0.25, 0.3) is 16.8 Å². The van der Waals surface area contributed by atoms with Crippen molar-refractivity contribution in [2.45, 2.75) is 25.2 Å². The number of amides is 1. The van der Waals surface area contributed by atoms with Crippen molar-refractivity contribution in [1.82, 2.24) is 19.9 Å². The van der Waals surface area contributed by atoms with E-state index in [1.165, 1.54) is 0 Å². The van der Waals surface area contributed by atoms with Gasteiger partial charge < -0.3 is 14.2 Å². The van der Waals surface area contributed by atoms with Crippen LogP contribution in [0.3, 0.4) is 0 Å². The maximum Gasteiger partial charge on any atom is 0.272 e. The number of benzene rings is 1. The molecule has 0 radical (unpaired) electrons. The van der Waals surface area contributed by atoms with Gasteiger partial charge in [0.1, 0.15) is 5.82 Å². The number of rotatable bonds is 6. The van der Waals surface area contributed by atoms with Crippen molar-refractivity contribution in [2.24, 2.45) is 0 Å². The number of carbonyl (C=O) groups excluding carboxylic acids is 1. The third-order valence-corrected chi connectivity index (χ3v) is 5.02. The third kappa shape index (κ3) is 3.17. The van der Waals surface area contributed by atoms with Crippen LogP contribution in [0, 0.1) is 0 Å². The first-order valence-electron chi connectivity index (χ1n) is 9.56. The molecule has 3 heterocycles. The first-order chi connectivity index (χ1) is 13.8. The molecule has 1 aromatic carbocycles. The Balaban J connectivity index is 1.26. The summed E-state index contributed by atoms with van der Waals surface area (Å²) in [5, 5.41) is 7.07. The number of nitrogens with one attached hydrogen (secondary N) is 1. The first-order valence-corrected chi connectivity index (χ1v) is 9.56. The highest BCUT2D eigenvalue weighted by Gasteiger charge is 2.30. The second-order valence-electron chi connectivity index (χ2n) is 7.10. The van der Waals surface area contributed by atoms with E-state index in [9.17, 15) is 4.79 Å². The van der Waals surface area contributed by atoms with Crippen LogP contribution >= 0.6 is 0 Å². The molecular formula is C22H20N4O2. The average Bonchev–Trinajstić information content (AvgIpc) is 3.34. The highest BCUT2D eigenvalue weighted by molar-refractivity contribution is 5.99. The predicted octanol–water partition coefficient (Wildman–Crippen LogP) is 3.84. The highest BCUT2D eigenvalue weighted by atomic mass is 16.5.